The molecule has 0 bridgehead atoms. The first-order valence-electron chi connectivity index (χ1n) is 11.0. The molecule has 2 N–H and O–H groups in total. The van der Waals surface area contributed by atoms with Crippen molar-refractivity contribution in [1.82, 2.24) is 9.97 Å². The van der Waals surface area contributed by atoms with Gasteiger partial charge in [-0.2, -0.15) is 5.26 Å². The summed E-state index contributed by atoms with van der Waals surface area (Å²) in [5.74, 6) is -3.36. The van der Waals surface area contributed by atoms with Crippen LogP contribution < -0.4 is 5.73 Å². The van der Waals surface area contributed by atoms with Crippen molar-refractivity contribution in [1.29, 1.82) is 5.26 Å². The van der Waals surface area contributed by atoms with E-state index in [1.165, 1.54) is 12.1 Å². The third-order valence-corrected chi connectivity index (χ3v) is 6.50. The van der Waals surface area contributed by atoms with Crippen molar-refractivity contribution >= 4 is 5.78 Å². The Hall–Kier alpha value is -3.57. The molecule has 34 heavy (non-hydrogen) atoms. The number of carbonyl (C=O) groups excluding carboxylic acids is 1. The lowest BCUT2D eigenvalue weighted by molar-refractivity contribution is 0.0987. The van der Waals surface area contributed by atoms with Gasteiger partial charge in [0.2, 0.25) is 0 Å². The Morgan fingerprint density at radius 1 is 1.12 bits per heavy atom. The van der Waals surface area contributed by atoms with Gasteiger partial charge >= 0.3 is 0 Å². The smallest absolute Gasteiger partial charge is 0.185 e. The molecular formula is C26H23F3N4O. The van der Waals surface area contributed by atoms with E-state index in [1.807, 2.05) is 13.0 Å². The Bertz CT molecular complexity index is 1240. The van der Waals surface area contributed by atoms with Crippen molar-refractivity contribution in [2.45, 2.75) is 38.1 Å². The van der Waals surface area contributed by atoms with Crippen LogP contribution in [0.4, 0.5) is 13.2 Å². The van der Waals surface area contributed by atoms with E-state index in [1.54, 1.807) is 12.4 Å². The highest BCUT2D eigenvalue weighted by Gasteiger charge is 2.35. The highest BCUT2D eigenvalue weighted by molar-refractivity contribution is 5.96. The van der Waals surface area contributed by atoms with Crippen molar-refractivity contribution in [3.05, 3.63) is 83.1 Å². The summed E-state index contributed by atoms with van der Waals surface area (Å²) in [5.41, 5.74) is 6.57. The molecule has 5 nitrogen and oxygen atoms in total. The topological polar surface area (TPSA) is 92.7 Å². The molecule has 0 radical (unpaired) electrons. The van der Waals surface area contributed by atoms with Gasteiger partial charge in [0.05, 0.1) is 17.6 Å². The van der Waals surface area contributed by atoms with Crippen LogP contribution in [0, 0.1) is 40.6 Å². The zero-order chi connectivity index (χ0) is 24.4. The van der Waals surface area contributed by atoms with Crippen LogP contribution in [-0.2, 0) is 6.42 Å². The van der Waals surface area contributed by atoms with Crippen LogP contribution in [0.3, 0.4) is 0 Å². The van der Waals surface area contributed by atoms with E-state index in [0.717, 1.165) is 30.2 Å². The van der Waals surface area contributed by atoms with Gasteiger partial charge in [-0.05, 0) is 66.1 Å². The summed E-state index contributed by atoms with van der Waals surface area (Å²) in [5, 5.41) is 9.38. The van der Waals surface area contributed by atoms with Crippen LogP contribution in [0.25, 0.3) is 11.3 Å². The summed E-state index contributed by atoms with van der Waals surface area (Å²) in [7, 11) is 0. The maximum absolute atomic E-state index is 14.4. The molecule has 0 amide bonds. The number of carbonyl (C=O) groups is 1. The van der Waals surface area contributed by atoms with E-state index in [2.05, 4.69) is 16.0 Å². The largest absolute Gasteiger partial charge is 0.326 e. The van der Waals surface area contributed by atoms with Gasteiger partial charge in [0.15, 0.2) is 5.78 Å². The summed E-state index contributed by atoms with van der Waals surface area (Å²) in [6, 6.07) is 9.22. The number of nitriles is 1. The number of hydrogen-bond acceptors (Lipinski definition) is 5. The van der Waals surface area contributed by atoms with E-state index in [4.69, 9.17) is 5.73 Å². The van der Waals surface area contributed by atoms with E-state index < -0.39 is 34.5 Å². The lowest BCUT2D eigenvalue weighted by Gasteiger charge is -2.36. The maximum Gasteiger partial charge on any atom is 0.185 e. The third-order valence-electron chi connectivity index (χ3n) is 6.50. The number of Topliss-reactive ketones (excluding diaryl/α,β-unsaturated/α-hetero) is 1. The Kier molecular flexibility index (Phi) is 6.75. The number of aromatic nitrogens is 2. The number of rotatable bonds is 5. The van der Waals surface area contributed by atoms with Crippen molar-refractivity contribution in [2.75, 3.05) is 0 Å². The quantitative estimate of drug-likeness (QED) is 0.539. The normalized spacial score (nSPS) is 22.2. The van der Waals surface area contributed by atoms with Crippen LogP contribution in [0.2, 0.25) is 0 Å². The molecule has 2 aromatic heterocycles. The first-order chi connectivity index (χ1) is 16.3. The second-order valence-electron chi connectivity index (χ2n) is 8.76. The first kappa shape index (κ1) is 23.6. The molecule has 0 saturated heterocycles. The van der Waals surface area contributed by atoms with Gasteiger partial charge in [-0.1, -0.05) is 13.0 Å². The fourth-order valence-electron chi connectivity index (χ4n) is 4.81. The van der Waals surface area contributed by atoms with E-state index >= 15 is 0 Å². The molecule has 0 spiro atoms. The zero-order valence-electron chi connectivity index (χ0n) is 18.5. The van der Waals surface area contributed by atoms with E-state index in [-0.39, 0.29) is 35.9 Å². The number of nitrogens with two attached hydrogens (primary N) is 1. The summed E-state index contributed by atoms with van der Waals surface area (Å²) in [6.45, 7) is 2.00. The SMILES string of the molecule is C[C@@H]1C[C@H](c2ccncc2CC(=O)c2ccc(F)c(-c3c(F)cccc3F)n2)C[C@H](N)[C@@H]1C#N. The molecule has 1 aliphatic rings. The lowest BCUT2D eigenvalue weighted by atomic mass is 9.70. The van der Waals surface area contributed by atoms with Gasteiger partial charge in [0.1, 0.15) is 28.8 Å². The lowest BCUT2D eigenvalue weighted by Crippen LogP contribution is -2.40. The molecule has 4 rings (SSSR count). The first-order valence-corrected chi connectivity index (χ1v) is 11.0. The van der Waals surface area contributed by atoms with Crippen LogP contribution in [0.5, 0.6) is 0 Å². The fraction of sp³-hybridized carbons (Fsp3) is 0.308. The molecule has 3 aromatic rings. The van der Waals surface area contributed by atoms with Gasteiger partial charge in [0.25, 0.3) is 0 Å². The number of benzene rings is 1. The predicted molar refractivity (Wildman–Crippen MR) is 120 cm³/mol. The van der Waals surface area contributed by atoms with Gasteiger partial charge in [0, 0.05) is 24.9 Å². The molecule has 2 heterocycles. The summed E-state index contributed by atoms with van der Waals surface area (Å²) in [6.07, 6.45) is 4.54. The van der Waals surface area contributed by atoms with Crippen molar-refractivity contribution in [3.63, 3.8) is 0 Å². The number of nitrogens with zero attached hydrogens (tertiary/aromatic N) is 3. The van der Waals surface area contributed by atoms with Crippen molar-refractivity contribution in [2.24, 2.45) is 17.6 Å². The van der Waals surface area contributed by atoms with E-state index in [9.17, 15) is 23.2 Å². The minimum atomic E-state index is -0.969. The Morgan fingerprint density at radius 2 is 1.85 bits per heavy atom. The number of ketones is 1. The second-order valence-corrected chi connectivity index (χ2v) is 8.76. The molecule has 1 aliphatic carbocycles. The maximum atomic E-state index is 14.4. The third kappa shape index (κ3) is 4.57. The van der Waals surface area contributed by atoms with Gasteiger partial charge < -0.3 is 5.73 Å². The molecule has 174 valence electrons. The molecule has 1 aromatic carbocycles. The van der Waals surface area contributed by atoms with Crippen LogP contribution in [0.15, 0.2) is 48.8 Å². The van der Waals surface area contributed by atoms with Crippen molar-refractivity contribution < 1.29 is 18.0 Å². The standard InChI is InChI=1S/C26H23F3N4O/c1-14-9-15(10-22(31)18(14)12-30)17-7-8-32-13-16(17)11-24(34)23-6-5-21(29)26(33-23)25-19(27)3-2-4-20(25)28/h2-8,13-15,18,22H,9-11,31H2,1H3/t14-,15+,18-,22+/m1/s1. The second kappa shape index (κ2) is 9.74. The van der Waals surface area contributed by atoms with Crippen LogP contribution in [0.1, 0.15) is 47.3 Å². The molecule has 1 saturated carbocycles. The highest BCUT2D eigenvalue weighted by Crippen LogP contribution is 2.40. The van der Waals surface area contributed by atoms with Gasteiger partial charge in [-0.15, -0.1) is 0 Å². The minimum Gasteiger partial charge on any atom is -0.326 e. The fourth-order valence-corrected chi connectivity index (χ4v) is 4.81. The predicted octanol–water partition coefficient (Wildman–Crippen LogP) is 4.97. The number of pyridine rings is 2. The van der Waals surface area contributed by atoms with Crippen molar-refractivity contribution in [3.8, 4) is 17.3 Å². The minimum absolute atomic E-state index is 0.0599. The summed E-state index contributed by atoms with van der Waals surface area (Å²) < 4.78 is 42.8. The molecular weight excluding hydrogens is 441 g/mol. The molecule has 8 heteroatoms. The van der Waals surface area contributed by atoms with Crippen LogP contribution >= 0.6 is 0 Å². The average molecular weight is 464 g/mol. The summed E-state index contributed by atoms with van der Waals surface area (Å²) >= 11 is 0. The zero-order valence-corrected chi connectivity index (χ0v) is 18.5. The monoisotopic (exact) mass is 464 g/mol. The Balaban J connectivity index is 1.62. The number of hydrogen-bond donors (Lipinski definition) is 1. The highest BCUT2D eigenvalue weighted by atomic mass is 19.1. The number of halogens is 3. The van der Waals surface area contributed by atoms with E-state index in [0.29, 0.717) is 12.0 Å². The van der Waals surface area contributed by atoms with Gasteiger partial charge in [-0.3, -0.25) is 9.78 Å². The molecule has 4 atom stereocenters. The Labute approximate surface area is 195 Å². The van der Waals surface area contributed by atoms with Crippen LogP contribution in [-0.4, -0.2) is 21.8 Å². The average Bonchev–Trinajstić information content (AvgIpc) is 2.80. The van der Waals surface area contributed by atoms with Gasteiger partial charge in [-0.25, -0.2) is 18.2 Å². The molecule has 1 fully saturated rings. The molecule has 0 aliphatic heterocycles. The summed E-state index contributed by atoms with van der Waals surface area (Å²) in [4.78, 5) is 21.2. The molecule has 0 unspecified atom stereocenters. The Morgan fingerprint density at radius 3 is 2.53 bits per heavy atom.